The van der Waals surface area contributed by atoms with E-state index in [1.165, 1.54) is 0 Å². The molecule has 0 heterocycles. The molecule has 0 aliphatic carbocycles. The van der Waals surface area contributed by atoms with Crippen LogP contribution >= 0.6 is 11.6 Å². The first-order valence-electron chi connectivity index (χ1n) is 5.78. The van der Waals surface area contributed by atoms with Gasteiger partial charge in [0.1, 0.15) is 0 Å². The van der Waals surface area contributed by atoms with Crippen LogP contribution in [0.2, 0.25) is 0 Å². The molecule has 0 N–H and O–H groups in total. The van der Waals surface area contributed by atoms with Crippen molar-refractivity contribution in [3.63, 3.8) is 0 Å². The molecule has 0 bridgehead atoms. The summed E-state index contributed by atoms with van der Waals surface area (Å²) in [6.07, 6.45) is 5.98. The van der Waals surface area contributed by atoms with Gasteiger partial charge in [-0.15, -0.1) is 11.6 Å². The van der Waals surface area contributed by atoms with Crippen molar-refractivity contribution in [1.82, 2.24) is 0 Å². The smallest absolute Gasteiger partial charge is 0.331 e. The summed E-state index contributed by atoms with van der Waals surface area (Å²) >= 11 is 5.52. The minimum Gasteiger partial charge on any atom is -0.463 e. The van der Waals surface area contributed by atoms with Gasteiger partial charge in [0.25, 0.3) is 0 Å². The summed E-state index contributed by atoms with van der Waals surface area (Å²) < 4.78 is 9.50. The van der Waals surface area contributed by atoms with E-state index in [4.69, 9.17) is 16.3 Å². The van der Waals surface area contributed by atoms with E-state index >= 15 is 0 Å². The van der Waals surface area contributed by atoms with Gasteiger partial charge in [0.05, 0.1) is 13.2 Å². The third-order valence-electron chi connectivity index (χ3n) is 1.91. The predicted octanol–water partition coefficient (Wildman–Crippen LogP) is 2.45. The zero-order valence-corrected chi connectivity index (χ0v) is 10.9. The fourth-order valence-electron chi connectivity index (χ4n) is 1.10. The van der Waals surface area contributed by atoms with Crippen LogP contribution in [0.1, 0.15) is 32.6 Å². The Balaban J connectivity index is 3.49. The normalized spacial score (nSPS) is 10.5. The summed E-state index contributed by atoms with van der Waals surface area (Å²) in [6, 6.07) is 0. The highest BCUT2D eigenvalue weighted by Gasteiger charge is 1.99. The second kappa shape index (κ2) is 11.5. The highest BCUT2D eigenvalue weighted by molar-refractivity contribution is 6.17. The van der Waals surface area contributed by atoms with E-state index in [0.29, 0.717) is 19.1 Å². The Hall–Kier alpha value is -1.03. The van der Waals surface area contributed by atoms with Crippen LogP contribution in [0.3, 0.4) is 0 Å². The SMILES string of the molecule is CCOC(=O)/C=C/C(=O)OCCCCCCCl. The number of carbonyl (C=O) groups excluding carboxylic acids is 2. The lowest BCUT2D eigenvalue weighted by Gasteiger charge is -2.01. The Labute approximate surface area is 107 Å². The molecular formula is C12H19ClO4. The van der Waals surface area contributed by atoms with Crippen LogP contribution < -0.4 is 0 Å². The number of alkyl halides is 1. The summed E-state index contributed by atoms with van der Waals surface area (Å²) in [5, 5.41) is 0. The molecule has 4 nitrogen and oxygen atoms in total. The minimum absolute atomic E-state index is 0.290. The van der Waals surface area contributed by atoms with Crippen molar-refractivity contribution in [3.05, 3.63) is 12.2 Å². The predicted molar refractivity (Wildman–Crippen MR) is 65.9 cm³/mol. The van der Waals surface area contributed by atoms with Gasteiger partial charge in [0.15, 0.2) is 0 Å². The molecule has 98 valence electrons. The highest BCUT2D eigenvalue weighted by atomic mass is 35.5. The highest BCUT2D eigenvalue weighted by Crippen LogP contribution is 2.01. The Bertz CT molecular complexity index is 251. The summed E-state index contributed by atoms with van der Waals surface area (Å²) in [6.45, 7) is 2.36. The van der Waals surface area contributed by atoms with E-state index in [9.17, 15) is 9.59 Å². The van der Waals surface area contributed by atoms with Gasteiger partial charge in [0.2, 0.25) is 0 Å². The number of esters is 2. The summed E-state index contributed by atoms with van der Waals surface area (Å²) in [5.41, 5.74) is 0. The van der Waals surface area contributed by atoms with Crippen LogP contribution in [0, 0.1) is 0 Å². The van der Waals surface area contributed by atoms with Crippen molar-refractivity contribution in [2.75, 3.05) is 19.1 Å². The molecule has 0 atom stereocenters. The Kier molecular flexibility index (Phi) is 10.8. The van der Waals surface area contributed by atoms with Crippen LogP contribution in [0.15, 0.2) is 12.2 Å². The summed E-state index contributed by atoms with van der Waals surface area (Å²) in [4.78, 5) is 22.0. The topological polar surface area (TPSA) is 52.6 Å². The lowest BCUT2D eigenvalue weighted by atomic mass is 10.2. The molecule has 0 aromatic heterocycles. The second-order valence-electron chi connectivity index (χ2n) is 3.36. The van der Waals surface area contributed by atoms with Crippen molar-refractivity contribution in [2.24, 2.45) is 0 Å². The maximum absolute atomic E-state index is 11.1. The molecule has 0 saturated heterocycles. The van der Waals surface area contributed by atoms with Crippen molar-refractivity contribution in [3.8, 4) is 0 Å². The van der Waals surface area contributed by atoms with E-state index in [2.05, 4.69) is 4.74 Å². The van der Waals surface area contributed by atoms with Gasteiger partial charge >= 0.3 is 11.9 Å². The minimum atomic E-state index is -0.536. The van der Waals surface area contributed by atoms with Crippen LogP contribution in [0.25, 0.3) is 0 Å². The van der Waals surface area contributed by atoms with E-state index in [1.54, 1.807) is 6.92 Å². The van der Waals surface area contributed by atoms with Gasteiger partial charge in [-0.05, 0) is 19.8 Å². The van der Waals surface area contributed by atoms with Crippen molar-refractivity contribution >= 4 is 23.5 Å². The first-order valence-corrected chi connectivity index (χ1v) is 6.31. The molecule has 0 radical (unpaired) electrons. The molecule has 0 fully saturated rings. The number of unbranched alkanes of at least 4 members (excludes halogenated alkanes) is 3. The number of carbonyl (C=O) groups is 2. The molecule has 0 amide bonds. The Morgan fingerprint density at radius 3 is 2.18 bits per heavy atom. The monoisotopic (exact) mass is 262 g/mol. The van der Waals surface area contributed by atoms with Gasteiger partial charge in [-0.2, -0.15) is 0 Å². The van der Waals surface area contributed by atoms with Crippen molar-refractivity contribution in [1.29, 1.82) is 0 Å². The van der Waals surface area contributed by atoms with E-state index in [0.717, 1.165) is 37.8 Å². The molecule has 0 aliphatic rings. The molecule has 0 unspecified atom stereocenters. The fourth-order valence-corrected chi connectivity index (χ4v) is 1.29. The molecule has 0 spiro atoms. The molecule has 0 aromatic carbocycles. The lowest BCUT2D eigenvalue weighted by molar-refractivity contribution is -0.140. The molecule has 0 aliphatic heterocycles. The van der Waals surface area contributed by atoms with Crippen molar-refractivity contribution < 1.29 is 19.1 Å². The molecule has 0 saturated carbocycles. The average molecular weight is 263 g/mol. The van der Waals surface area contributed by atoms with Gasteiger partial charge in [-0.3, -0.25) is 0 Å². The standard InChI is InChI=1S/C12H19ClO4/c1-2-16-11(14)7-8-12(15)17-10-6-4-3-5-9-13/h7-8H,2-6,9-10H2,1H3/b8-7+. The summed E-state index contributed by atoms with van der Waals surface area (Å²) in [5.74, 6) is -0.385. The first kappa shape index (κ1) is 16.0. The molecule has 5 heteroatoms. The van der Waals surface area contributed by atoms with E-state index in [1.807, 2.05) is 0 Å². The lowest BCUT2D eigenvalue weighted by Crippen LogP contribution is -2.05. The number of halogens is 1. The molecule has 0 rings (SSSR count). The quantitative estimate of drug-likeness (QED) is 0.277. The average Bonchev–Trinajstić information content (AvgIpc) is 2.31. The fraction of sp³-hybridized carbons (Fsp3) is 0.667. The number of hydrogen-bond acceptors (Lipinski definition) is 4. The zero-order valence-electron chi connectivity index (χ0n) is 10.1. The number of hydrogen-bond donors (Lipinski definition) is 0. The maximum Gasteiger partial charge on any atom is 0.331 e. The Morgan fingerprint density at radius 2 is 1.59 bits per heavy atom. The second-order valence-corrected chi connectivity index (χ2v) is 3.73. The van der Waals surface area contributed by atoms with Gasteiger partial charge in [-0.1, -0.05) is 12.8 Å². The number of rotatable bonds is 9. The third kappa shape index (κ3) is 11.2. The Morgan fingerprint density at radius 1 is 1.00 bits per heavy atom. The van der Waals surface area contributed by atoms with Crippen LogP contribution in [-0.2, 0) is 19.1 Å². The van der Waals surface area contributed by atoms with Gasteiger partial charge < -0.3 is 9.47 Å². The van der Waals surface area contributed by atoms with Crippen LogP contribution in [0.5, 0.6) is 0 Å². The van der Waals surface area contributed by atoms with Crippen molar-refractivity contribution in [2.45, 2.75) is 32.6 Å². The largest absolute Gasteiger partial charge is 0.463 e. The number of ether oxygens (including phenoxy) is 2. The first-order chi connectivity index (χ1) is 8.20. The third-order valence-corrected chi connectivity index (χ3v) is 2.18. The van der Waals surface area contributed by atoms with E-state index in [-0.39, 0.29) is 0 Å². The molecule has 17 heavy (non-hydrogen) atoms. The maximum atomic E-state index is 11.1. The van der Waals surface area contributed by atoms with Gasteiger partial charge in [-0.25, -0.2) is 9.59 Å². The summed E-state index contributed by atoms with van der Waals surface area (Å²) in [7, 11) is 0. The zero-order chi connectivity index (χ0) is 12.9. The molecule has 0 aromatic rings. The van der Waals surface area contributed by atoms with E-state index < -0.39 is 11.9 Å². The van der Waals surface area contributed by atoms with Crippen LogP contribution in [0.4, 0.5) is 0 Å². The van der Waals surface area contributed by atoms with Gasteiger partial charge in [0, 0.05) is 18.0 Å². The molecular weight excluding hydrogens is 244 g/mol. The van der Waals surface area contributed by atoms with Crippen LogP contribution in [-0.4, -0.2) is 31.0 Å².